The van der Waals surface area contributed by atoms with Gasteiger partial charge in [-0.1, -0.05) is 13.0 Å². The lowest BCUT2D eigenvalue weighted by Gasteiger charge is -2.16. The molecule has 0 radical (unpaired) electrons. The lowest BCUT2D eigenvalue weighted by molar-refractivity contribution is 0.0527. The largest absolute Gasteiger partial charge is 0.462 e. The number of carbonyl (C=O) groups is 1. The van der Waals surface area contributed by atoms with E-state index in [4.69, 9.17) is 10.5 Å². The zero-order valence-corrected chi connectivity index (χ0v) is 11.8. The van der Waals surface area contributed by atoms with Crippen LogP contribution in [0.3, 0.4) is 0 Å². The maximum Gasteiger partial charge on any atom is 0.340 e. The van der Waals surface area contributed by atoms with Gasteiger partial charge >= 0.3 is 5.97 Å². The van der Waals surface area contributed by atoms with Gasteiger partial charge in [0.25, 0.3) is 0 Å². The summed E-state index contributed by atoms with van der Waals surface area (Å²) in [4.78, 5) is 11.8. The van der Waals surface area contributed by atoms with E-state index in [1.54, 1.807) is 36.9 Å². The van der Waals surface area contributed by atoms with Gasteiger partial charge in [0.05, 0.1) is 23.5 Å². The van der Waals surface area contributed by atoms with Crippen LogP contribution in [0.1, 0.15) is 24.2 Å². The molecule has 0 aliphatic rings. The minimum absolute atomic E-state index is 0.343. The number of benzene rings is 1. The Kier molecular flexibility index (Phi) is 5.85. The fourth-order valence-corrected chi connectivity index (χ4v) is 1.73. The predicted octanol–water partition coefficient (Wildman–Crippen LogP) is 2.61. The molecule has 0 aliphatic heterocycles. The maximum atomic E-state index is 11.8. The van der Waals surface area contributed by atoms with Crippen LogP contribution >= 0.6 is 11.8 Å². The van der Waals surface area contributed by atoms with E-state index in [-0.39, 0.29) is 5.97 Å². The number of rotatable bonds is 6. The molecule has 0 fully saturated rings. The zero-order valence-electron chi connectivity index (χ0n) is 11.0. The zero-order chi connectivity index (χ0) is 13.5. The highest BCUT2D eigenvalue weighted by Crippen LogP contribution is 2.24. The van der Waals surface area contributed by atoms with E-state index in [0.29, 0.717) is 28.8 Å². The number of para-hydroxylation sites is 1. The molecule has 1 aromatic carbocycles. The van der Waals surface area contributed by atoms with Crippen LogP contribution in [-0.2, 0) is 4.74 Å². The number of esters is 1. The fourth-order valence-electron chi connectivity index (χ4n) is 1.48. The summed E-state index contributed by atoms with van der Waals surface area (Å²) in [6.45, 7) is 5.00. The van der Waals surface area contributed by atoms with E-state index in [1.165, 1.54) is 0 Å². The van der Waals surface area contributed by atoms with Crippen LogP contribution in [-0.4, -0.2) is 30.6 Å². The Bertz CT molecular complexity index is 410. The summed E-state index contributed by atoms with van der Waals surface area (Å²) in [7, 11) is 0. The minimum Gasteiger partial charge on any atom is -0.462 e. The predicted molar refractivity (Wildman–Crippen MR) is 78.3 cm³/mol. The average molecular weight is 268 g/mol. The van der Waals surface area contributed by atoms with Gasteiger partial charge in [0.1, 0.15) is 0 Å². The highest BCUT2D eigenvalue weighted by molar-refractivity contribution is 7.99. The van der Waals surface area contributed by atoms with Crippen LogP contribution < -0.4 is 11.1 Å². The molecule has 0 aromatic heterocycles. The first-order chi connectivity index (χ1) is 8.60. The van der Waals surface area contributed by atoms with Gasteiger partial charge < -0.3 is 15.8 Å². The Morgan fingerprint density at radius 2 is 2.28 bits per heavy atom. The quantitative estimate of drug-likeness (QED) is 0.613. The molecule has 1 rings (SSSR count). The highest BCUT2D eigenvalue weighted by atomic mass is 32.2. The van der Waals surface area contributed by atoms with Crippen LogP contribution in [0, 0.1) is 0 Å². The molecule has 0 bridgehead atoms. The molecule has 0 saturated carbocycles. The van der Waals surface area contributed by atoms with Crippen molar-refractivity contribution in [2.45, 2.75) is 19.1 Å². The van der Waals surface area contributed by atoms with E-state index in [1.807, 2.05) is 6.26 Å². The molecule has 0 aliphatic carbocycles. The number of nitrogens with one attached hydrogen (secondary N) is 1. The molecule has 0 amide bonds. The summed E-state index contributed by atoms with van der Waals surface area (Å²) in [5.41, 5.74) is 7.62. The van der Waals surface area contributed by atoms with Crippen LogP contribution in [0.5, 0.6) is 0 Å². The number of nitrogen functional groups attached to an aromatic ring is 1. The van der Waals surface area contributed by atoms with Crippen molar-refractivity contribution in [2.24, 2.45) is 0 Å². The summed E-state index contributed by atoms with van der Waals surface area (Å²) in [6, 6.07) is 5.25. The van der Waals surface area contributed by atoms with Crippen molar-refractivity contribution in [3.8, 4) is 0 Å². The van der Waals surface area contributed by atoms with Crippen molar-refractivity contribution in [3.05, 3.63) is 23.8 Å². The lowest BCUT2D eigenvalue weighted by atomic mass is 10.1. The highest BCUT2D eigenvalue weighted by Gasteiger charge is 2.15. The number of nitrogens with two attached hydrogens (primary N) is 1. The van der Waals surface area contributed by atoms with Gasteiger partial charge in [-0.05, 0) is 25.3 Å². The molecular formula is C13H20N2O2S. The second kappa shape index (κ2) is 7.16. The summed E-state index contributed by atoms with van der Waals surface area (Å²) < 4.78 is 5.02. The van der Waals surface area contributed by atoms with E-state index in [9.17, 15) is 4.79 Å². The normalized spacial score (nSPS) is 11.9. The molecule has 18 heavy (non-hydrogen) atoms. The number of thioether (sulfide) groups is 1. The van der Waals surface area contributed by atoms with Gasteiger partial charge in [-0.25, -0.2) is 4.79 Å². The Morgan fingerprint density at radius 1 is 1.56 bits per heavy atom. The van der Waals surface area contributed by atoms with Crippen LogP contribution in [0.2, 0.25) is 0 Å². The Morgan fingerprint density at radius 3 is 2.89 bits per heavy atom. The first kappa shape index (κ1) is 14.7. The average Bonchev–Trinajstić information content (AvgIpc) is 2.36. The number of hydrogen-bond acceptors (Lipinski definition) is 5. The van der Waals surface area contributed by atoms with E-state index in [2.05, 4.69) is 12.2 Å². The molecule has 3 N–H and O–H groups in total. The number of anilines is 2. The maximum absolute atomic E-state index is 11.8. The summed E-state index contributed by atoms with van der Waals surface area (Å²) >= 11 is 1.75. The molecule has 0 saturated heterocycles. The topological polar surface area (TPSA) is 64.3 Å². The molecule has 1 unspecified atom stereocenters. The number of ether oxygens (including phenoxy) is 1. The van der Waals surface area contributed by atoms with Gasteiger partial charge in [0, 0.05) is 11.8 Å². The van der Waals surface area contributed by atoms with E-state index in [0.717, 1.165) is 6.54 Å². The molecule has 100 valence electrons. The fraction of sp³-hybridized carbons (Fsp3) is 0.462. The first-order valence-electron chi connectivity index (χ1n) is 5.92. The molecule has 0 heterocycles. The summed E-state index contributed by atoms with van der Waals surface area (Å²) in [5, 5.41) is 3.67. The Hall–Kier alpha value is -1.36. The third-order valence-electron chi connectivity index (χ3n) is 2.56. The second-order valence-corrected chi connectivity index (χ2v) is 5.19. The van der Waals surface area contributed by atoms with E-state index < -0.39 is 0 Å². The van der Waals surface area contributed by atoms with Gasteiger partial charge in [-0.2, -0.15) is 11.8 Å². The van der Waals surface area contributed by atoms with Gasteiger partial charge in [0.15, 0.2) is 0 Å². The third kappa shape index (κ3) is 3.84. The van der Waals surface area contributed by atoms with Gasteiger partial charge in [-0.15, -0.1) is 0 Å². The minimum atomic E-state index is -0.343. The molecule has 0 spiro atoms. The van der Waals surface area contributed by atoms with Crippen molar-refractivity contribution in [3.63, 3.8) is 0 Å². The van der Waals surface area contributed by atoms with Gasteiger partial charge in [-0.3, -0.25) is 0 Å². The van der Waals surface area contributed by atoms with Crippen molar-refractivity contribution >= 4 is 29.1 Å². The lowest BCUT2D eigenvalue weighted by Crippen LogP contribution is -2.17. The Balaban J connectivity index is 2.90. The smallest absolute Gasteiger partial charge is 0.340 e. The van der Waals surface area contributed by atoms with Crippen molar-refractivity contribution in [1.29, 1.82) is 0 Å². The molecule has 5 heteroatoms. The van der Waals surface area contributed by atoms with Crippen molar-refractivity contribution < 1.29 is 9.53 Å². The second-order valence-electron chi connectivity index (χ2n) is 3.92. The van der Waals surface area contributed by atoms with Crippen LogP contribution in [0.15, 0.2) is 18.2 Å². The third-order valence-corrected chi connectivity index (χ3v) is 3.53. The SMILES string of the molecule is CCOC(=O)c1cccc(N)c1NCC(C)SC. The molecule has 4 nitrogen and oxygen atoms in total. The monoisotopic (exact) mass is 268 g/mol. The van der Waals surface area contributed by atoms with Crippen LogP contribution in [0.25, 0.3) is 0 Å². The standard InChI is InChI=1S/C13H20N2O2S/c1-4-17-13(16)10-6-5-7-11(14)12(10)15-8-9(2)18-3/h5-7,9,15H,4,8,14H2,1-3H3. The first-order valence-corrected chi connectivity index (χ1v) is 7.21. The van der Waals surface area contributed by atoms with Crippen LogP contribution in [0.4, 0.5) is 11.4 Å². The van der Waals surface area contributed by atoms with Crippen molar-refractivity contribution in [2.75, 3.05) is 30.5 Å². The molecule has 1 aromatic rings. The van der Waals surface area contributed by atoms with Gasteiger partial charge in [0.2, 0.25) is 0 Å². The summed E-state index contributed by atoms with van der Waals surface area (Å²) in [6.07, 6.45) is 2.05. The van der Waals surface area contributed by atoms with Crippen molar-refractivity contribution in [1.82, 2.24) is 0 Å². The number of carbonyl (C=O) groups excluding carboxylic acids is 1. The van der Waals surface area contributed by atoms with E-state index >= 15 is 0 Å². The molecule has 1 atom stereocenters. The number of hydrogen-bond donors (Lipinski definition) is 2. The Labute approximate surface area is 112 Å². The summed E-state index contributed by atoms with van der Waals surface area (Å²) in [5.74, 6) is -0.343. The molecular weight excluding hydrogens is 248 g/mol.